The highest BCUT2D eigenvalue weighted by Gasteiger charge is 2.29. The Labute approximate surface area is 244 Å². The van der Waals surface area contributed by atoms with Gasteiger partial charge in [0.25, 0.3) is 11.8 Å². The average Bonchev–Trinajstić information content (AvgIpc) is 3.03. The minimum absolute atomic E-state index is 0.291. The molecule has 0 saturated carbocycles. The Kier molecular flexibility index (Phi) is 9.34. The summed E-state index contributed by atoms with van der Waals surface area (Å²) < 4.78 is 15.3. The number of imide groups is 1. The second-order valence-corrected chi connectivity index (χ2v) is 9.24. The van der Waals surface area contributed by atoms with Crippen LogP contribution in [-0.4, -0.2) is 43.1 Å². The fourth-order valence-corrected chi connectivity index (χ4v) is 4.38. The number of hydrogen-bond donors (Lipinski definition) is 1. The number of benzene rings is 4. The molecule has 0 spiro atoms. The summed E-state index contributed by atoms with van der Waals surface area (Å²) in [5.41, 5.74) is 9.67. The van der Waals surface area contributed by atoms with Gasteiger partial charge in [0.1, 0.15) is 6.33 Å². The van der Waals surface area contributed by atoms with Crippen molar-refractivity contribution in [1.29, 1.82) is 0 Å². The van der Waals surface area contributed by atoms with Gasteiger partial charge < -0.3 is 19.9 Å². The van der Waals surface area contributed by atoms with Crippen LogP contribution < -0.4 is 24.8 Å². The highest BCUT2D eigenvalue weighted by molar-refractivity contribution is 6.27. The first-order valence-corrected chi connectivity index (χ1v) is 13.1. The lowest BCUT2D eigenvalue weighted by molar-refractivity contribution is 0.0897. The van der Waals surface area contributed by atoms with Crippen LogP contribution >= 0.6 is 0 Å². The Bertz CT molecular complexity index is 1630. The van der Waals surface area contributed by atoms with Gasteiger partial charge in [0.05, 0.1) is 26.8 Å². The van der Waals surface area contributed by atoms with Gasteiger partial charge in [0.15, 0.2) is 17.3 Å². The van der Waals surface area contributed by atoms with Crippen molar-refractivity contribution in [3.05, 3.63) is 114 Å². The Morgan fingerprint density at radius 2 is 1.24 bits per heavy atom. The molecule has 0 radical (unpaired) electrons. The molecule has 4 aromatic carbocycles. The molecule has 2 amide bonds. The molecule has 0 bridgehead atoms. The molecule has 9 nitrogen and oxygen atoms in total. The minimum atomic E-state index is -0.430. The third-order valence-corrected chi connectivity index (χ3v) is 6.66. The highest BCUT2D eigenvalue weighted by Crippen LogP contribution is 2.39. The first kappa shape index (κ1) is 29.5. The van der Waals surface area contributed by atoms with E-state index in [4.69, 9.17) is 19.9 Å². The lowest BCUT2D eigenvalue weighted by Gasteiger charge is -2.22. The maximum Gasteiger partial charge on any atom is 0.266 e. The molecule has 5 rings (SSSR count). The predicted octanol–water partition coefficient (Wildman–Crippen LogP) is 6.03. The molecule has 214 valence electrons. The van der Waals surface area contributed by atoms with Crippen LogP contribution in [0.5, 0.6) is 17.2 Å². The van der Waals surface area contributed by atoms with Gasteiger partial charge in [-0.05, 0) is 55.3 Å². The monoisotopic (exact) mass is 564 g/mol. The molecule has 9 heteroatoms. The number of nitrogens with zero attached hydrogens (tertiary/aromatic N) is 3. The second kappa shape index (κ2) is 13.3. The fourth-order valence-electron chi connectivity index (χ4n) is 4.38. The maximum atomic E-state index is 13.4. The molecule has 0 aliphatic carbocycles. The molecule has 2 N–H and O–H groups in total. The molecule has 5 aromatic rings. The smallest absolute Gasteiger partial charge is 0.266 e. The van der Waals surface area contributed by atoms with Crippen LogP contribution in [-0.2, 0) is 0 Å². The summed E-state index contributed by atoms with van der Waals surface area (Å²) in [4.78, 5) is 36.7. The van der Waals surface area contributed by atoms with E-state index < -0.39 is 11.8 Å². The summed E-state index contributed by atoms with van der Waals surface area (Å²) in [6.45, 7) is 3.93. The standard InChI is InChI=1S/C24H19N3O2.C9H13NO3/c1-16-13-14-20-21(17(16)2)22(26-15-25-20)27(23(28)18-9-5-3-6-10-18)24(29)19-11-7-4-8-12-19;1-11-7-4-6(10)5-8(12-2)9(7)13-3/h3-15H,1-2H3;4-5H,10H2,1-3H3. The van der Waals surface area contributed by atoms with E-state index in [1.165, 1.54) is 6.33 Å². The quantitative estimate of drug-likeness (QED) is 0.196. The first-order chi connectivity index (χ1) is 20.3. The Hall–Kier alpha value is -5.44. The number of carbonyl (C=O) groups is 2. The number of methoxy groups -OCH3 is 3. The van der Waals surface area contributed by atoms with E-state index >= 15 is 0 Å². The van der Waals surface area contributed by atoms with Crippen LogP contribution in [0.2, 0.25) is 0 Å². The van der Waals surface area contributed by atoms with E-state index in [1.54, 1.807) is 82.0 Å². The predicted molar refractivity (Wildman–Crippen MR) is 164 cm³/mol. The number of carbonyl (C=O) groups excluding carboxylic acids is 2. The molecular weight excluding hydrogens is 532 g/mol. The van der Waals surface area contributed by atoms with Crippen molar-refractivity contribution in [3.8, 4) is 17.2 Å². The summed E-state index contributed by atoms with van der Waals surface area (Å²) in [5, 5.41) is 0.695. The van der Waals surface area contributed by atoms with Crippen molar-refractivity contribution in [2.24, 2.45) is 0 Å². The number of nitrogens with two attached hydrogens (primary N) is 1. The molecular formula is C33H32N4O5. The van der Waals surface area contributed by atoms with Crippen molar-refractivity contribution >= 4 is 34.2 Å². The highest BCUT2D eigenvalue weighted by atomic mass is 16.5. The topological polar surface area (TPSA) is 117 Å². The molecule has 1 aromatic heterocycles. The van der Waals surface area contributed by atoms with Crippen molar-refractivity contribution in [3.63, 3.8) is 0 Å². The van der Waals surface area contributed by atoms with Crippen LogP contribution in [0.15, 0.2) is 91.3 Å². The lowest BCUT2D eigenvalue weighted by atomic mass is 10.0. The molecule has 0 unspecified atom stereocenters. The van der Waals surface area contributed by atoms with Gasteiger partial charge >= 0.3 is 0 Å². The van der Waals surface area contributed by atoms with Crippen LogP contribution in [0.25, 0.3) is 10.9 Å². The van der Waals surface area contributed by atoms with Crippen molar-refractivity contribution in [2.45, 2.75) is 13.8 Å². The van der Waals surface area contributed by atoms with E-state index in [0.29, 0.717) is 50.8 Å². The Morgan fingerprint density at radius 3 is 1.71 bits per heavy atom. The first-order valence-electron chi connectivity index (χ1n) is 13.1. The lowest BCUT2D eigenvalue weighted by Crippen LogP contribution is -2.38. The number of ether oxygens (including phenoxy) is 3. The molecule has 0 fully saturated rings. The van der Waals surface area contributed by atoms with Gasteiger partial charge in [0.2, 0.25) is 5.75 Å². The van der Waals surface area contributed by atoms with Gasteiger partial charge in [-0.3, -0.25) is 9.59 Å². The maximum absolute atomic E-state index is 13.4. The zero-order chi connectivity index (χ0) is 30.2. The van der Waals surface area contributed by atoms with Gasteiger partial charge in [-0.15, -0.1) is 0 Å². The summed E-state index contributed by atoms with van der Waals surface area (Å²) in [6.07, 6.45) is 1.38. The van der Waals surface area contributed by atoms with Crippen LogP contribution in [0, 0.1) is 13.8 Å². The summed E-state index contributed by atoms with van der Waals surface area (Å²) in [7, 11) is 4.66. The van der Waals surface area contributed by atoms with Crippen LogP contribution in [0.4, 0.5) is 11.5 Å². The van der Waals surface area contributed by atoms with Gasteiger partial charge in [-0.1, -0.05) is 42.5 Å². The molecule has 0 aliphatic heterocycles. The van der Waals surface area contributed by atoms with Gasteiger partial charge in [-0.2, -0.15) is 0 Å². The number of anilines is 2. The Morgan fingerprint density at radius 1 is 0.714 bits per heavy atom. The second-order valence-electron chi connectivity index (χ2n) is 9.24. The van der Waals surface area contributed by atoms with Crippen LogP contribution in [0.1, 0.15) is 31.8 Å². The normalized spacial score (nSPS) is 10.3. The van der Waals surface area contributed by atoms with Gasteiger partial charge in [-0.25, -0.2) is 14.9 Å². The number of fused-ring (bicyclic) bond motifs is 1. The van der Waals surface area contributed by atoms with Gasteiger partial charge in [0, 0.05) is 34.3 Å². The molecule has 42 heavy (non-hydrogen) atoms. The summed E-state index contributed by atoms with van der Waals surface area (Å²) in [6, 6.07) is 24.7. The minimum Gasteiger partial charge on any atom is -0.493 e. The summed E-state index contributed by atoms with van der Waals surface area (Å²) in [5.74, 6) is 1.12. The van der Waals surface area contributed by atoms with E-state index in [2.05, 4.69) is 9.97 Å². The molecule has 1 heterocycles. The van der Waals surface area contributed by atoms with E-state index in [-0.39, 0.29) is 0 Å². The van der Waals surface area contributed by atoms with Crippen molar-refractivity contribution in [1.82, 2.24) is 9.97 Å². The third kappa shape index (κ3) is 6.15. The number of aromatic nitrogens is 2. The van der Waals surface area contributed by atoms with E-state index in [0.717, 1.165) is 16.0 Å². The molecule has 0 atom stereocenters. The van der Waals surface area contributed by atoms with E-state index in [9.17, 15) is 9.59 Å². The average molecular weight is 565 g/mol. The third-order valence-electron chi connectivity index (χ3n) is 6.66. The van der Waals surface area contributed by atoms with Crippen molar-refractivity contribution in [2.75, 3.05) is 32.0 Å². The number of rotatable bonds is 6. The summed E-state index contributed by atoms with van der Waals surface area (Å²) >= 11 is 0. The largest absolute Gasteiger partial charge is 0.493 e. The Balaban J connectivity index is 0.000000262. The zero-order valence-electron chi connectivity index (χ0n) is 24.1. The molecule has 0 saturated heterocycles. The number of hydrogen-bond acceptors (Lipinski definition) is 8. The number of aryl methyl sites for hydroxylation is 2. The number of nitrogen functional groups attached to an aromatic ring is 1. The number of amides is 2. The zero-order valence-corrected chi connectivity index (χ0v) is 24.1. The van der Waals surface area contributed by atoms with Crippen molar-refractivity contribution < 1.29 is 23.8 Å². The molecule has 0 aliphatic rings. The SMILES string of the molecule is COc1cc(N)cc(OC)c1OC.Cc1ccc2ncnc(N(C(=O)c3ccccc3)C(=O)c3ccccc3)c2c1C. The van der Waals surface area contributed by atoms with Crippen LogP contribution in [0.3, 0.4) is 0 Å². The van der Waals surface area contributed by atoms with E-state index in [1.807, 2.05) is 38.1 Å². The fraction of sp³-hybridized carbons (Fsp3) is 0.152.